The van der Waals surface area contributed by atoms with Crippen LogP contribution in [0.4, 0.5) is 0 Å². The fraction of sp³-hybridized carbons (Fsp3) is 0.0909. The number of hydrogen-bond acceptors (Lipinski definition) is 6. The van der Waals surface area contributed by atoms with E-state index < -0.39 is 11.8 Å². The highest BCUT2D eigenvalue weighted by Crippen LogP contribution is 2.24. The van der Waals surface area contributed by atoms with Gasteiger partial charge in [-0.2, -0.15) is 0 Å². The van der Waals surface area contributed by atoms with Crippen molar-refractivity contribution in [1.82, 2.24) is 14.7 Å². The molecule has 1 aliphatic rings. The molecule has 19 heavy (non-hydrogen) atoms. The van der Waals surface area contributed by atoms with Crippen molar-refractivity contribution in [3.63, 3.8) is 0 Å². The van der Waals surface area contributed by atoms with Gasteiger partial charge < -0.3 is 0 Å². The summed E-state index contributed by atoms with van der Waals surface area (Å²) in [6.45, 7) is -0.0825. The molecule has 96 valence electrons. The van der Waals surface area contributed by atoms with Crippen LogP contribution in [0.15, 0.2) is 24.3 Å². The van der Waals surface area contributed by atoms with E-state index in [-0.39, 0.29) is 6.61 Å². The van der Waals surface area contributed by atoms with Crippen LogP contribution in [0.1, 0.15) is 26.4 Å². The Bertz CT molecular complexity index is 638. The first kappa shape index (κ1) is 12.2. The Labute approximate surface area is 116 Å². The first-order valence-corrected chi connectivity index (χ1v) is 6.41. The summed E-state index contributed by atoms with van der Waals surface area (Å²) in [6, 6.07) is 6.54. The van der Waals surface area contributed by atoms with E-state index in [1.807, 2.05) is 0 Å². The van der Waals surface area contributed by atoms with Gasteiger partial charge in [-0.1, -0.05) is 28.2 Å². The minimum Gasteiger partial charge on any atom is -0.266 e. The second kappa shape index (κ2) is 4.69. The van der Waals surface area contributed by atoms with Crippen LogP contribution in [0.5, 0.6) is 0 Å². The molecule has 0 fully saturated rings. The van der Waals surface area contributed by atoms with Crippen LogP contribution in [0.2, 0.25) is 4.34 Å². The van der Waals surface area contributed by atoms with Gasteiger partial charge in [0.25, 0.3) is 11.8 Å². The van der Waals surface area contributed by atoms with Crippen molar-refractivity contribution < 1.29 is 14.4 Å². The van der Waals surface area contributed by atoms with Gasteiger partial charge in [0.1, 0.15) is 16.6 Å². The zero-order valence-corrected chi connectivity index (χ0v) is 10.9. The molecule has 0 unspecified atom stereocenters. The van der Waals surface area contributed by atoms with Gasteiger partial charge >= 0.3 is 0 Å². The Morgan fingerprint density at radius 3 is 2.37 bits per heavy atom. The normalized spacial score (nSPS) is 14.1. The van der Waals surface area contributed by atoms with Crippen molar-refractivity contribution in [2.24, 2.45) is 0 Å². The van der Waals surface area contributed by atoms with Crippen LogP contribution in [-0.4, -0.2) is 26.5 Å². The highest BCUT2D eigenvalue weighted by Gasteiger charge is 2.36. The van der Waals surface area contributed by atoms with Gasteiger partial charge in [0.05, 0.1) is 11.1 Å². The maximum atomic E-state index is 12.0. The number of imide groups is 1. The summed E-state index contributed by atoms with van der Waals surface area (Å²) in [4.78, 5) is 29.1. The van der Waals surface area contributed by atoms with Crippen LogP contribution < -0.4 is 0 Å². The van der Waals surface area contributed by atoms with Crippen molar-refractivity contribution >= 4 is 34.9 Å². The van der Waals surface area contributed by atoms with E-state index in [0.29, 0.717) is 21.2 Å². The van der Waals surface area contributed by atoms with Gasteiger partial charge in [0.2, 0.25) is 0 Å². The number of aromatic nitrogens is 2. The Hall–Kier alpha value is -1.83. The van der Waals surface area contributed by atoms with Gasteiger partial charge in [-0.15, -0.1) is 10.2 Å². The maximum absolute atomic E-state index is 12.0. The summed E-state index contributed by atoms with van der Waals surface area (Å²) < 4.78 is 4.01. The standard InChI is InChI=1S/C11H6ClN3O3S/c12-9-8(13-14-19-9)5-18-15-10(16)6-3-1-2-4-7(6)11(15)17/h1-4H,5H2. The molecule has 2 heterocycles. The van der Waals surface area contributed by atoms with Crippen LogP contribution in [0, 0.1) is 0 Å². The Morgan fingerprint density at radius 2 is 1.84 bits per heavy atom. The number of amides is 2. The minimum absolute atomic E-state index is 0.0825. The van der Waals surface area contributed by atoms with E-state index in [1.54, 1.807) is 24.3 Å². The lowest BCUT2D eigenvalue weighted by Crippen LogP contribution is -2.29. The summed E-state index contributed by atoms with van der Waals surface area (Å²) in [7, 11) is 0. The summed E-state index contributed by atoms with van der Waals surface area (Å²) in [5.41, 5.74) is 1.05. The van der Waals surface area contributed by atoms with E-state index in [1.165, 1.54) is 0 Å². The number of carbonyl (C=O) groups excluding carboxylic acids is 2. The second-order valence-electron chi connectivity index (χ2n) is 3.72. The van der Waals surface area contributed by atoms with Crippen molar-refractivity contribution in [1.29, 1.82) is 0 Å². The molecule has 0 atom stereocenters. The number of rotatable bonds is 3. The molecule has 1 aromatic heterocycles. The Balaban J connectivity index is 1.79. The van der Waals surface area contributed by atoms with E-state index >= 15 is 0 Å². The molecule has 0 saturated carbocycles. The average Bonchev–Trinajstić information content (AvgIpc) is 2.93. The molecule has 0 aliphatic carbocycles. The molecule has 1 aromatic carbocycles. The molecule has 0 spiro atoms. The number of fused-ring (bicyclic) bond motifs is 1. The van der Waals surface area contributed by atoms with Crippen molar-refractivity contribution in [3.05, 3.63) is 45.4 Å². The Morgan fingerprint density at radius 1 is 1.21 bits per heavy atom. The molecule has 0 N–H and O–H groups in total. The molecule has 2 amide bonds. The molecule has 0 saturated heterocycles. The predicted octanol–water partition coefficient (Wildman–Crippen LogP) is 1.92. The van der Waals surface area contributed by atoms with Gasteiger partial charge in [-0.3, -0.25) is 14.4 Å². The zero-order chi connectivity index (χ0) is 13.4. The fourth-order valence-corrected chi connectivity index (χ4v) is 2.29. The van der Waals surface area contributed by atoms with Gasteiger partial charge in [0.15, 0.2) is 0 Å². The van der Waals surface area contributed by atoms with E-state index in [4.69, 9.17) is 16.4 Å². The Kier molecular flexibility index (Phi) is 3.02. The summed E-state index contributed by atoms with van der Waals surface area (Å²) in [5.74, 6) is -0.972. The third-order valence-corrected chi connectivity index (χ3v) is 3.58. The molecule has 0 radical (unpaired) electrons. The smallest absolute Gasteiger partial charge is 0.266 e. The monoisotopic (exact) mass is 295 g/mol. The molecule has 0 bridgehead atoms. The summed E-state index contributed by atoms with van der Waals surface area (Å²) in [5, 5.41) is 4.46. The van der Waals surface area contributed by atoms with Crippen molar-refractivity contribution in [2.45, 2.75) is 6.61 Å². The van der Waals surface area contributed by atoms with Gasteiger partial charge in [-0.25, -0.2) is 0 Å². The minimum atomic E-state index is -0.486. The summed E-state index contributed by atoms with van der Waals surface area (Å²) >= 11 is 6.82. The van der Waals surface area contributed by atoms with E-state index in [0.717, 1.165) is 16.6 Å². The number of hydroxylamine groups is 2. The lowest BCUT2D eigenvalue weighted by molar-refractivity contribution is -0.101. The SMILES string of the molecule is O=C1c2ccccc2C(=O)N1OCc1nnsc1Cl. The first-order chi connectivity index (χ1) is 9.18. The number of nitrogens with zero attached hydrogens (tertiary/aromatic N) is 3. The number of hydrogen-bond donors (Lipinski definition) is 0. The summed E-state index contributed by atoms with van der Waals surface area (Å²) in [6.07, 6.45) is 0. The molecular weight excluding hydrogens is 290 g/mol. The van der Waals surface area contributed by atoms with Gasteiger partial charge in [0, 0.05) is 11.5 Å². The highest BCUT2D eigenvalue weighted by atomic mass is 35.5. The zero-order valence-electron chi connectivity index (χ0n) is 9.37. The molecule has 3 rings (SSSR count). The molecule has 6 nitrogen and oxygen atoms in total. The highest BCUT2D eigenvalue weighted by molar-refractivity contribution is 7.10. The van der Waals surface area contributed by atoms with Crippen molar-refractivity contribution in [3.8, 4) is 0 Å². The fourth-order valence-electron chi connectivity index (χ4n) is 1.69. The average molecular weight is 296 g/mol. The molecule has 1 aliphatic heterocycles. The third kappa shape index (κ3) is 2.01. The second-order valence-corrected chi connectivity index (χ2v) is 5.07. The molecular formula is C11H6ClN3O3S. The number of carbonyl (C=O) groups is 2. The molecule has 2 aromatic rings. The topological polar surface area (TPSA) is 72.4 Å². The van der Waals surface area contributed by atoms with Crippen LogP contribution in [0.25, 0.3) is 0 Å². The van der Waals surface area contributed by atoms with Crippen LogP contribution in [0.3, 0.4) is 0 Å². The number of benzene rings is 1. The van der Waals surface area contributed by atoms with E-state index in [9.17, 15) is 9.59 Å². The van der Waals surface area contributed by atoms with Crippen molar-refractivity contribution in [2.75, 3.05) is 0 Å². The lowest BCUT2D eigenvalue weighted by Gasteiger charge is -2.11. The van der Waals surface area contributed by atoms with Crippen LogP contribution in [-0.2, 0) is 11.4 Å². The van der Waals surface area contributed by atoms with Gasteiger partial charge in [-0.05, 0) is 12.1 Å². The largest absolute Gasteiger partial charge is 0.285 e. The van der Waals surface area contributed by atoms with E-state index in [2.05, 4.69) is 9.59 Å². The maximum Gasteiger partial charge on any atom is 0.285 e. The third-order valence-electron chi connectivity index (χ3n) is 2.60. The number of halogens is 1. The molecule has 8 heteroatoms. The lowest BCUT2D eigenvalue weighted by atomic mass is 10.1. The first-order valence-electron chi connectivity index (χ1n) is 5.26. The predicted molar refractivity (Wildman–Crippen MR) is 66.7 cm³/mol. The quantitative estimate of drug-likeness (QED) is 0.809. The van der Waals surface area contributed by atoms with Crippen LogP contribution >= 0.6 is 23.1 Å².